The Kier molecular flexibility index (Phi) is 2.87. The van der Waals surface area contributed by atoms with Crippen molar-refractivity contribution < 1.29 is 0 Å². The molecule has 1 nitrogen and oxygen atoms in total. The summed E-state index contributed by atoms with van der Waals surface area (Å²) < 4.78 is 0. The molecule has 1 rings (SSSR count). The van der Waals surface area contributed by atoms with Gasteiger partial charge >= 0.3 is 0 Å². The Morgan fingerprint density at radius 2 is 2.00 bits per heavy atom. The molecule has 1 N–H and O–H groups in total. The van der Waals surface area contributed by atoms with E-state index in [1.54, 1.807) is 0 Å². The maximum absolute atomic E-state index is 6.85. The zero-order valence-electron chi connectivity index (χ0n) is 6.67. The Labute approximate surface area is 72.3 Å². The largest absolute Gasteiger partial charge is 0.307 e. The van der Waals surface area contributed by atoms with E-state index < -0.39 is 0 Å². The summed E-state index contributed by atoms with van der Waals surface area (Å²) in [5.74, 6) is 5.66. The molecule has 1 aromatic rings. The van der Waals surface area contributed by atoms with Crippen molar-refractivity contribution in [3.63, 3.8) is 0 Å². The summed E-state index contributed by atoms with van der Waals surface area (Å²) in [6, 6.07) is 9.64. The molecule has 0 saturated carbocycles. The third-order valence-corrected chi connectivity index (χ3v) is 1.32. The van der Waals surface area contributed by atoms with Crippen molar-refractivity contribution in [3.05, 3.63) is 48.0 Å². The lowest BCUT2D eigenvalue weighted by Crippen LogP contribution is -1.75. The van der Waals surface area contributed by atoms with Gasteiger partial charge in [-0.1, -0.05) is 36.6 Å². The van der Waals surface area contributed by atoms with Crippen LogP contribution >= 0.6 is 0 Å². The molecule has 0 aliphatic rings. The summed E-state index contributed by atoms with van der Waals surface area (Å²) in [6.07, 6.45) is 1.15. The molecule has 58 valence electrons. The molecule has 1 aromatic carbocycles. The molecule has 0 atom stereocenters. The molecular formula is C11H9N. The Balaban J connectivity index is 2.80. The average Bonchev–Trinajstić information content (AvgIpc) is 2.16. The second-order valence-corrected chi connectivity index (χ2v) is 2.29. The number of hydrogen-bond acceptors (Lipinski definition) is 1. The molecule has 0 amide bonds. The molecule has 0 aliphatic heterocycles. The number of rotatable bonds is 1. The predicted molar refractivity (Wildman–Crippen MR) is 51.2 cm³/mol. The summed E-state index contributed by atoms with van der Waals surface area (Å²) in [6.45, 7) is 3.57. The lowest BCUT2D eigenvalue weighted by molar-refractivity contribution is 1.57. The van der Waals surface area contributed by atoms with Crippen molar-refractivity contribution in [2.45, 2.75) is 0 Å². The molecular weight excluding hydrogens is 146 g/mol. The minimum absolute atomic E-state index is 0.527. The second kappa shape index (κ2) is 4.15. The van der Waals surface area contributed by atoms with Crippen LogP contribution in [0.5, 0.6) is 0 Å². The van der Waals surface area contributed by atoms with Gasteiger partial charge in [-0.2, -0.15) is 0 Å². The number of hydrogen-bond donors (Lipinski definition) is 1. The molecule has 0 fully saturated rings. The molecule has 0 radical (unpaired) electrons. The highest BCUT2D eigenvalue weighted by molar-refractivity contribution is 5.81. The third-order valence-electron chi connectivity index (χ3n) is 1.32. The summed E-state index contributed by atoms with van der Waals surface area (Å²) in [7, 11) is 0. The molecule has 0 aromatic heterocycles. The van der Waals surface area contributed by atoms with Crippen LogP contribution in [0.2, 0.25) is 0 Å². The fourth-order valence-electron chi connectivity index (χ4n) is 0.710. The van der Waals surface area contributed by atoms with Crippen LogP contribution in [0.1, 0.15) is 5.56 Å². The maximum Gasteiger partial charge on any atom is 0.0353 e. The quantitative estimate of drug-likeness (QED) is 0.475. The van der Waals surface area contributed by atoms with Crippen molar-refractivity contribution in [3.8, 4) is 11.8 Å². The topological polar surface area (TPSA) is 23.9 Å². The number of benzene rings is 1. The van der Waals surface area contributed by atoms with Gasteiger partial charge in [0.25, 0.3) is 0 Å². The zero-order valence-corrected chi connectivity index (χ0v) is 6.67. The van der Waals surface area contributed by atoms with Crippen molar-refractivity contribution in [1.29, 1.82) is 5.41 Å². The monoisotopic (exact) mass is 155 g/mol. The summed E-state index contributed by atoms with van der Waals surface area (Å²) >= 11 is 0. The van der Waals surface area contributed by atoms with Gasteiger partial charge < -0.3 is 5.41 Å². The van der Waals surface area contributed by atoms with Crippen LogP contribution in [-0.4, -0.2) is 6.21 Å². The summed E-state index contributed by atoms with van der Waals surface area (Å²) in [5.41, 5.74) is 1.47. The van der Waals surface area contributed by atoms with Crippen molar-refractivity contribution >= 4 is 6.21 Å². The Hall–Kier alpha value is -1.81. The minimum atomic E-state index is 0.527. The molecule has 0 saturated heterocycles. The van der Waals surface area contributed by atoms with Crippen LogP contribution in [0.4, 0.5) is 0 Å². The molecule has 0 spiro atoms. The van der Waals surface area contributed by atoms with Crippen LogP contribution in [0.25, 0.3) is 0 Å². The van der Waals surface area contributed by atoms with E-state index in [0.717, 1.165) is 11.8 Å². The van der Waals surface area contributed by atoms with Gasteiger partial charge in [-0.25, -0.2) is 0 Å². The van der Waals surface area contributed by atoms with Gasteiger partial charge in [-0.15, -0.1) is 0 Å². The second-order valence-electron chi connectivity index (χ2n) is 2.29. The first-order valence-electron chi connectivity index (χ1n) is 3.59. The van der Waals surface area contributed by atoms with Crippen molar-refractivity contribution in [1.82, 2.24) is 0 Å². The van der Waals surface area contributed by atoms with Gasteiger partial charge in [0.2, 0.25) is 0 Å². The molecule has 12 heavy (non-hydrogen) atoms. The van der Waals surface area contributed by atoms with E-state index in [-0.39, 0.29) is 0 Å². The standard InChI is InChI=1S/C11H9N/c1-10(9-12)7-8-11-5-3-2-4-6-11/h2-6,9,12H,1H2. The lowest BCUT2D eigenvalue weighted by atomic mass is 10.2. The van der Waals surface area contributed by atoms with Crippen molar-refractivity contribution in [2.75, 3.05) is 0 Å². The molecule has 0 bridgehead atoms. The highest BCUT2D eigenvalue weighted by Crippen LogP contribution is 1.95. The first-order valence-corrected chi connectivity index (χ1v) is 3.59. The van der Waals surface area contributed by atoms with E-state index in [1.165, 1.54) is 0 Å². The predicted octanol–water partition coefficient (Wildman–Crippen LogP) is 2.24. The fraction of sp³-hybridized carbons (Fsp3) is 0. The van der Waals surface area contributed by atoms with Gasteiger partial charge in [0.05, 0.1) is 0 Å². The number of allylic oxidation sites excluding steroid dienone is 1. The van der Waals surface area contributed by atoms with E-state index >= 15 is 0 Å². The smallest absolute Gasteiger partial charge is 0.0353 e. The van der Waals surface area contributed by atoms with Crippen LogP contribution < -0.4 is 0 Å². The van der Waals surface area contributed by atoms with Gasteiger partial charge in [0.15, 0.2) is 0 Å². The van der Waals surface area contributed by atoms with Gasteiger partial charge in [-0.05, 0) is 12.1 Å². The Morgan fingerprint density at radius 3 is 2.58 bits per heavy atom. The molecule has 0 aliphatic carbocycles. The zero-order chi connectivity index (χ0) is 8.81. The van der Waals surface area contributed by atoms with E-state index in [2.05, 4.69) is 18.4 Å². The van der Waals surface area contributed by atoms with E-state index in [9.17, 15) is 0 Å². The first kappa shape index (κ1) is 8.29. The highest BCUT2D eigenvalue weighted by Gasteiger charge is 1.81. The van der Waals surface area contributed by atoms with Gasteiger partial charge in [0.1, 0.15) is 0 Å². The fourth-order valence-corrected chi connectivity index (χ4v) is 0.710. The molecule has 1 heteroatoms. The Bertz CT molecular complexity index is 338. The normalized spacial score (nSPS) is 8.00. The Morgan fingerprint density at radius 1 is 1.33 bits per heavy atom. The SMILES string of the molecule is C=C(C#Cc1ccccc1)C=N. The average molecular weight is 155 g/mol. The summed E-state index contributed by atoms with van der Waals surface area (Å²) in [4.78, 5) is 0. The van der Waals surface area contributed by atoms with Crippen LogP contribution in [0, 0.1) is 17.3 Å². The minimum Gasteiger partial charge on any atom is -0.307 e. The van der Waals surface area contributed by atoms with Crippen molar-refractivity contribution in [2.24, 2.45) is 0 Å². The highest BCUT2D eigenvalue weighted by atomic mass is 14.3. The van der Waals surface area contributed by atoms with E-state index in [4.69, 9.17) is 5.41 Å². The third kappa shape index (κ3) is 2.43. The van der Waals surface area contributed by atoms with Crippen LogP contribution in [0.3, 0.4) is 0 Å². The maximum atomic E-state index is 6.85. The lowest BCUT2D eigenvalue weighted by Gasteiger charge is -1.85. The first-order chi connectivity index (χ1) is 5.83. The van der Waals surface area contributed by atoms with Gasteiger partial charge in [0, 0.05) is 17.4 Å². The van der Waals surface area contributed by atoms with Crippen LogP contribution in [0.15, 0.2) is 42.5 Å². The van der Waals surface area contributed by atoms with E-state index in [0.29, 0.717) is 5.57 Å². The number of nitrogens with one attached hydrogen (secondary N) is 1. The van der Waals surface area contributed by atoms with E-state index in [1.807, 2.05) is 30.3 Å². The van der Waals surface area contributed by atoms with Crippen LogP contribution in [-0.2, 0) is 0 Å². The van der Waals surface area contributed by atoms with Gasteiger partial charge in [-0.3, -0.25) is 0 Å². The molecule has 0 heterocycles. The molecule has 0 unspecified atom stereocenters. The summed E-state index contributed by atoms with van der Waals surface area (Å²) in [5, 5.41) is 6.85.